The lowest BCUT2D eigenvalue weighted by Crippen LogP contribution is -2.27. The minimum Gasteiger partial charge on any atom is -0.380 e. The van der Waals surface area contributed by atoms with Gasteiger partial charge in [-0.15, -0.1) is 0 Å². The van der Waals surface area contributed by atoms with Crippen LogP contribution >= 0.6 is 0 Å². The number of benzene rings is 1. The van der Waals surface area contributed by atoms with Crippen LogP contribution in [0.1, 0.15) is 45.3 Å². The van der Waals surface area contributed by atoms with Crippen LogP contribution in [0.25, 0.3) is 0 Å². The number of nitrogens with zero attached hydrogens (tertiary/aromatic N) is 3. The summed E-state index contributed by atoms with van der Waals surface area (Å²) in [7, 11) is 0.409. The van der Waals surface area contributed by atoms with E-state index in [-0.39, 0.29) is 23.5 Å². The van der Waals surface area contributed by atoms with Gasteiger partial charge in [0.05, 0.1) is 29.8 Å². The topological polar surface area (TPSA) is 81.5 Å². The zero-order chi connectivity index (χ0) is 20.5. The number of sulfone groups is 1. The molecule has 1 saturated heterocycles. The van der Waals surface area contributed by atoms with E-state index in [1.165, 1.54) is 0 Å². The number of methoxy groups -OCH3 is 1. The largest absolute Gasteiger partial charge is 0.380 e. The van der Waals surface area contributed by atoms with Gasteiger partial charge >= 0.3 is 0 Å². The first-order valence-corrected chi connectivity index (χ1v) is 11.1. The van der Waals surface area contributed by atoms with Crippen LogP contribution in [-0.4, -0.2) is 54.7 Å². The summed E-state index contributed by atoms with van der Waals surface area (Å²) in [5, 5.41) is 4.58. The van der Waals surface area contributed by atoms with Crippen molar-refractivity contribution in [2.24, 2.45) is 0 Å². The number of amides is 1. The van der Waals surface area contributed by atoms with E-state index in [2.05, 4.69) is 5.10 Å². The van der Waals surface area contributed by atoms with Crippen molar-refractivity contribution in [1.82, 2.24) is 14.7 Å². The Balaban J connectivity index is 1.78. The van der Waals surface area contributed by atoms with E-state index < -0.39 is 9.84 Å². The molecule has 0 spiro atoms. The lowest BCUT2D eigenvalue weighted by atomic mass is 10.1. The third-order valence-corrected chi connectivity index (χ3v) is 7.01. The van der Waals surface area contributed by atoms with Gasteiger partial charge in [-0.3, -0.25) is 9.48 Å². The van der Waals surface area contributed by atoms with Crippen LogP contribution < -0.4 is 0 Å². The molecule has 2 aromatic rings. The van der Waals surface area contributed by atoms with Gasteiger partial charge < -0.3 is 9.64 Å². The number of hydrogen-bond donors (Lipinski definition) is 0. The molecule has 1 fully saturated rings. The van der Waals surface area contributed by atoms with Gasteiger partial charge in [0.25, 0.3) is 5.91 Å². The Hall–Kier alpha value is -2.19. The van der Waals surface area contributed by atoms with Crippen molar-refractivity contribution in [3.63, 3.8) is 0 Å². The maximum absolute atomic E-state index is 12.9. The maximum atomic E-state index is 12.9. The molecule has 7 nitrogen and oxygen atoms in total. The second-order valence-corrected chi connectivity index (χ2v) is 9.67. The van der Waals surface area contributed by atoms with Gasteiger partial charge in [0, 0.05) is 37.5 Å². The molecule has 1 atom stereocenters. The van der Waals surface area contributed by atoms with Crippen LogP contribution in [0.3, 0.4) is 0 Å². The van der Waals surface area contributed by atoms with Gasteiger partial charge in [0.15, 0.2) is 9.84 Å². The molecule has 1 aromatic heterocycles. The number of rotatable bonds is 6. The molecular formula is C20H27N3O4S. The van der Waals surface area contributed by atoms with Crippen LogP contribution in [0.4, 0.5) is 0 Å². The molecule has 0 bridgehead atoms. The van der Waals surface area contributed by atoms with Crippen LogP contribution in [0, 0.1) is 13.8 Å². The highest BCUT2D eigenvalue weighted by Crippen LogP contribution is 2.27. The molecule has 3 rings (SSSR count). The highest BCUT2D eigenvalue weighted by Gasteiger charge is 2.31. The van der Waals surface area contributed by atoms with Crippen molar-refractivity contribution in [3.8, 4) is 0 Å². The van der Waals surface area contributed by atoms with Crippen molar-refractivity contribution < 1.29 is 17.9 Å². The van der Waals surface area contributed by atoms with Crippen molar-refractivity contribution in [2.45, 2.75) is 39.5 Å². The first-order chi connectivity index (χ1) is 13.2. The Morgan fingerprint density at radius 2 is 2.11 bits per heavy atom. The maximum Gasteiger partial charge on any atom is 0.253 e. The predicted octanol–water partition coefficient (Wildman–Crippen LogP) is 2.28. The summed E-state index contributed by atoms with van der Waals surface area (Å²) in [5.74, 6) is 0.268. The third kappa shape index (κ3) is 4.28. The van der Waals surface area contributed by atoms with Gasteiger partial charge in [-0.05, 0) is 38.0 Å². The second kappa shape index (κ2) is 8.05. The van der Waals surface area contributed by atoms with Gasteiger partial charge in [0.2, 0.25) is 0 Å². The van der Waals surface area contributed by atoms with Crippen LogP contribution in [-0.2, 0) is 27.7 Å². The van der Waals surface area contributed by atoms with E-state index in [1.807, 2.05) is 36.7 Å². The number of carbonyl (C=O) groups excluding carboxylic acids is 1. The van der Waals surface area contributed by atoms with Gasteiger partial charge in [-0.25, -0.2) is 8.42 Å². The van der Waals surface area contributed by atoms with Crippen molar-refractivity contribution >= 4 is 15.7 Å². The van der Waals surface area contributed by atoms with E-state index in [4.69, 9.17) is 4.74 Å². The zero-order valence-corrected chi connectivity index (χ0v) is 17.6. The smallest absolute Gasteiger partial charge is 0.253 e. The van der Waals surface area contributed by atoms with E-state index in [1.54, 1.807) is 25.1 Å². The number of hydrogen-bond acceptors (Lipinski definition) is 5. The normalized spacial score (nSPS) is 18.4. The molecule has 0 unspecified atom stereocenters. The number of carbonyl (C=O) groups is 1. The summed E-state index contributed by atoms with van der Waals surface area (Å²) in [4.78, 5) is 14.5. The highest BCUT2D eigenvalue weighted by molar-refractivity contribution is 7.91. The summed E-state index contributed by atoms with van der Waals surface area (Å²) in [6.45, 7) is 4.72. The summed E-state index contributed by atoms with van der Waals surface area (Å²) < 4.78 is 30.6. The number of aromatic nitrogens is 2. The third-order valence-electron chi connectivity index (χ3n) is 5.26. The van der Waals surface area contributed by atoms with Crippen LogP contribution in [0.15, 0.2) is 24.3 Å². The van der Waals surface area contributed by atoms with Crippen molar-refractivity contribution in [3.05, 3.63) is 52.3 Å². The molecular weight excluding hydrogens is 378 g/mol. The number of ether oxygens (including phenoxy) is 1. The standard InChI is InChI=1S/C20H27N3O4S/c1-14-19(15(2)23(21-14)18-8-9-28(25,26)13-18)11-22(3)20(24)17-7-5-6-16(10-17)12-27-4/h5-7,10,18H,8-9,11-13H2,1-4H3/t18-/m0/s1. The predicted molar refractivity (Wildman–Crippen MR) is 107 cm³/mol. The minimum absolute atomic E-state index is 0.0760. The molecule has 152 valence electrons. The highest BCUT2D eigenvalue weighted by atomic mass is 32.2. The van der Waals surface area contributed by atoms with E-state index >= 15 is 0 Å². The van der Waals surface area contributed by atoms with Gasteiger partial charge in [0.1, 0.15) is 0 Å². The second-order valence-electron chi connectivity index (χ2n) is 7.45. The average molecular weight is 406 g/mol. The Kier molecular flexibility index (Phi) is 5.90. The molecule has 1 amide bonds. The summed E-state index contributed by atoms with van der Waals surface area (Å²) >= 11 is 0. The lowest BCUT2D eigenvalue weighted by molar-refractivity contribution is 0.0784. The van der Waals surface area contributed by atoms with Crippen LogP contribution in [0.5, 0.6) is 0 Å². The molecule has 1 aliphatic heterocycles. The molecule has 1 aliphatic rings. The summed E-state index contributed by atoms with van der Waals surface area (Å²) in [6.07, 6.45) is 0.588. The molecule has 0 N–H and O–H groups in total. The summed E-state index contributed by atoms with van der Waals surface area (Å²) in [6, 6.07) is 7.29. The van der Waals surface area contributed by atoms with Crippen LogP contribution in [0.2, 0.25) is 0 Å². The molecule has 0 radical (unpaired) electrons. The molecule has 2 heterocycles. The van der Waals surface area contributed by atoms with E-state index in [9.17, 15) is 13.2 Å². The monoisotopic (exact) mass is 405 g/mol. The Morgan fingerprint density at radius 1 is 1.36 bits per heavy atom. The van der Waals surface area contributed by atoms with Gasteiger partial charge in [-0.2, -0.15) is 5.10 Å². The first kappa shape index (κ1) is 20.5. The van der Waals surface area contributed by atoms with Crippen molar-refractivity contribution in [1.29, 1.82) is 0 Å². The van der Waals surface area contributed by atoms with Gasteiger partial charge in [-0.1, -0.05) is 12.1 Å². The fourth-order valence-corrected chi connectivity index (χ4v) is 5.43. The Labute approximate surface area is 166 Å². The number of aryl methyl sites for hydroxylation is 1. The molecule has 1 aromatic carbocycles. The first-order valence-electron chi connectivity index (χ1n) is 9.30. The lowest BCUT2D eigenvalue weighted by Gasteiger charge is -2.18. The molecule has 0 aliphatic carbocycles. The quantitative estimate of drug-likeness (QED) is 0.736. The Morgan fingerprint density at radius 3 is 2.75 bits per heavy atom. The Bertz CT molecular complexity index is 981. The SMILES string of the molecule is COCc1cccc(C(=O)N(C)Cc2c(C)nn([C@H]3CCS(=O)(=O)C3)c2C)c1. The molecule has 8 heteroatoms. The zero-order valence-electron chi connectivity index (χ0n) is 16.8. The molecule has 0 saturated carbocycles. The molecule has 28 heavy (non-hydrogen) atoms. The fraction of sp³-hybridized carbons (Fsp3) is 0.500. The average Bonchev–Trinajstić information content (AvgIpc) is 3.15. The summed E-state index contributed by atoms with van der Waals surface area (Å²) in [5.41, 5.74) is 4.28. The van der Waals surface area contributed by atoms with E-state index in [0.717, 1.165) is 22.5 Å². The van der Waals surface area contributed by atoms with Crippen molar-refractivity contribution in [2.75, 3.05) is 25.7 Å². The minimum atomic E-state index is -2.98. The van der Waals surface area contributed by atoms with E-state index in [0.29, 0.717) is 25.1 Å². The fourth-order valence-electron chi connectivity index (χ4n) is 3.74.